The Morgan fingerprint density at radius 1 is 0.369 bits per heavy atom. The van der Waals surface area contributed by atoms with Crippen LogP contribution in [-0.2, 0) is 9.59 Å². The molecule has 0 aliphatic carbocycles. The van der Waals surface area contributed by atoms with Crippen molar-refractivity contribution < 1.29 is 19.8 Å². The highest BCUT2D eigenvalue weighted by Gasteiger charge is 2.22. The number of allylic oxidation sites excluding steroid dienone is 4. The molecule has 0 aromatic rings. The number of hydrogen-bond donors (Lipinski definition) is 12. The van der Waals surface area contributed by atoms with E-state index in [0.29, 0.717) is 65.2 Å². The number of nitrogens with zero attached hydrogens (tertiary/aromatic N) is 2. The summed E-state index contributed by atoms with van der Waals surface area (Å²) in [6.45, 7) is 16.7. The second kappa shape index (κ2) is 66.9. The molecule has 0 bridgehead atoms. The normalized spacial score (nSPS) is 13.5. The number of nitrogens with two attached hydrogens (primary N) is 4. The predicted octanol–water partition coefficient (Wildman–Crippen LogP) is 9.45. The van der Waals surface area contributed by atoms with Gasteiger partial charge in [0.2, 0.25) is 11.8 Å². The van der Waals surface area contributed by atoms with E-state index in [-0.39, 0.29) is 37.0 Å². The van der Waals surface area contributed by atoms with Crippen LogP contribution in [0.3, 0.4) is 0 Å². The Balaban J connectivity index is 5.66. The van der Waals surface area contributed by atoms with Gasteiger partial charge < -0.3 is 74.8 Å². The fourth-order valence-electron chi connectivity index (χ4n) is 10.8. The lowest BCUT2D eigenvalue weighted by Crippen LogP contribution is -2.48. The zero-order chi connectivity index (χ0) is 61.3. The van der Waals surface area contributed by atoms with Gasteiger partial charge in [0.1, 0.15) is 0 Å². The van der Waals surface area contributed by atoms with Gasteiger partial charge in [-0.3, -0.25) is 9.59 Å². The smallest absolute Gasteiger partial charge is 0.237 e. The third-order valence-corrected chi connectivity index (χ3v) is 16.1. The maximum atomic E-state index is 13.5. The van der Waals surface area contributed by atoms with E-state index in [1.54, 1.807) is 0 Å². The summed E-state index contributed by atoms with van der Waals surface area (Å²) in [6, 6.07) is -0.673. The third kappa shape index (κ3) is 57.7. The summed E-state index contributed by atoms with van der Waals surface area (Å²) in [6.07, 6.45) is 52.3. The molecular weight excluding hydrogens is 1050 g/mol. The van der Waals surface area contributed by atoms with Crippen LogP contribution in [0, 0.1) is 0 Å². The number of carbonyl (C=O) groups excluding carboxylic acids is 2. The van der Waals surface area contributed by atoms with E-state index in [0.717, 1.165) is 117 Å². The van der Waals surface area contributed by atoms with Crippen LogP contribution in [0.5, 0.6) is 0 Å². The first kappa shape index (κ1) is 81.9. The lowest BCUT2D eigenvalue weighted by molar-refractivity contribution is -0.124. The minimum absolute atomic E-state index is 0.0715. The SMILES string of the molecule is CCCCCCCC/C=C\CCCCCCCCN(CCCCN(CCCCCCCC/C=C\CCCCCCCC)CC(O)CNC(=O)C(CCCNCCCN)NCCCN)CC(O)CNC(=O)C(CCCNCCCN)NCCCN. The van der Waals surface area contributed by atoms with Crippen LogP contribution in [0.15, 0.2) is 24.3 Å². The Kier molecular flexibility index (Phi) is 65.2. The molecule has 0 radical (unpaired) electrons. The van der Waals surface area contributed by atoms with Crippen molar-refractivity contribution in [1.29, 1.82) is 0 Å². The topological polar surface area (TPSA) is 257 Å². The number of rotatable bonds is 69. The Bertz CT molecular complexity index is 1320. The van der Waals surface area contributed by atoms with Gasteiger partial charge in [-0.25, -0.2) is 0 Å². The molecule has 0 aromatic heterocycles. The Morgan fingerprint density at radius 2 is 0.643 bits per heavy atom. The molecule has 0 aliphatic heterocycles. The average Bonchev–Trinajstić information content (AvgIpc) is 3.50. The standard InChI is InChI=1S/C68H142N12O4/c1-3-5-7-9-11-13-15-17-19-21-23-25-27-29-31-33-55-79(61-63(81)59-77-67(83)65(75-53-41-47-71)43-37-49-73-51-39-45-69)57-35-36-58-80(56-34-32-30-28-26-24-22-20-18-16-14-12-10-8-6-4-2)62-64(82)60-78-68(84)66(76-54-42-48-72)44-38-50-74-52-40-46-70/h17-20,63-66,73-76,81-82H,3-16,21-62,69-72H2,1-2H3,(H,77,83)(H,78,84)/b19-17-,20-18-. The van der Waals surface area contributed by atoms with Crippen LogP contribution >= 0.6 is 0 Å². The van der Waals surface area contributed by atoms with Gasteiger partial charge in [0, 0.05) is 26.2 Å². The molecule has 16 nitrogen and oxygen atoms in total. The van der Waals surface area contributed by atoms with Crippen molar-refractivity contribution >= 4 is 11.8 Å². The van der Waals surface area contributed by atoms with Gasteiger partial charge in [-0.2, -0.15) is 0 Å². The van der Waals surface area contributed by atoms with Gasteiger partial charge in [-0.1, -0.05) is 154 Å². The van der Waals surface area contributed by atoms with E-state index in [1.165, 1.54) is 167 Å². The highest BCUT2D eigenvalue weighted by atomic mass is 16.3. The van der Waals surface area contributed by atoms with Crippen molar-refractivity contribution in [3.05, 3.63) is 24.3 Å². The number of hydrogen-bond acceptors (Lipinski definition) is 14. The number of unbranched alkanes of at least 4 members (excludes halogenated alkanes) is 25. The number of nitrogens with one attached hydrogen (secondary N) is 6. The molecular formula is C68H142N12O4. The molecule has 0 fully saturated rings. The maximum absolute atomic E-state index is 13.5. The van der Waals surface area contributed by atoms with Crippen LogP contribution in [0.4, 0.5) is 0 Å². The molecule has 16 N–H and O–H groups in total. The summed E-state index contributed by atoms with van der Waals surface area (Å²) in [5, 5.41) is 42.7. The van der Waals surface area contributed by atoms with Gasteiger partial charge in [0.05, 0.1) is 24.3 Å². The molecule has 84 heavy (non-hydrogen) atoms. The Hall–Kier alpha value is -2.06. The molecule has 0 spiro atoms. The van der Waals surface area contributed by atoms with Crippen LogP contribution < -0.4 is 54.8 Å². The molecule has 2 amide bonds. The molecule has 0 saturated heterocycles. The number of aliphatic hydroxyl groups is 2. The first-order valence-corrected chi connectivity index (χ1v) is 35.6. The van der Waals surface area contributed by atoms with Crippen molar-refractivity contribution in [2.75, 3.05) is 118 Å². The zero-order valence-electron chi connectivity index (χ0n) is 55.1. The second-order valence-corrected chi connectivity index (χ2v) is 24.3. The summed E-state index contributed by atoms with van der Waals surface area (Å²) in [4.78, 5) is 31.8. The van der Waals surface area contributed by atoms with Gasteiger partial charge >= 0.3 is 0 Å². The molecule has 0 rings (SSSR count). The molecule has 16 heteroatoms. The van der Waals surface area contributed by atoms with Crippen LogP contribution in [0.1, 0.15) is 258 Å². The largest absolute Gasteiger partial charge is 0.390 e. The van der Waals surface area contributed by atoms with E-state index in [2.05, 4.69) is 79.9 Å². The summed E-state index contributed by atoms with van der Waals surface area (Å²) >= 11 is 0. The van der Waals surface area contributed by atoms with E-state index >= 15 is 0 Å². The molecule has 4 unspecified atom stereocenters. The van der Waals surface area contributed by atoms with Crippen molar-refractivity contribution in [2.24, 2.45) is 22.9 Å². The lowest BCUT2D eigenvalue weighted by atomic mass is 10.1. The third-order valence-electron chi connectivity index (χ3n) is 16.1. The van der Waals surface area contributed by atoms with E-state index < -0.39 is 12.2 Å². The van der Waals surface area contributed by atoms with Gasteiger partial charge in [-0.05, 0) is 220 Å². The number of carbonyl (C=O) groups is 2. The Labute approximate surface area is 518 Å². The molecule has 0 aromatic carbocycles. The van der Waals surface area contributed by atoms with Crippen LogP contribution in [0.2, 0.25) is 0 Å². The highest BCUT2D eigenvalue weighted by Crippen LogP contribution is 2.14. The molecule has 4 atom stereocenters. The van der Waals surface area contributed by atoms with Gasteiger partial charge in [0.15, 0.2) is 0 Å². The minimum Gasteiger partial charge on any atom is -0.390 e. The number of amides is 2. The first-order chi connectivity index (χ1) is 41.3. The van der Waals surface area contributed by atoms with Crippen LogP contribution in [0.25, 0.3) is 0 Å². The highest BCUT2D eigenvalue weighted by molar-refractivity contribution is 5.82. The molecule has 0 heterocycles. The van der Waals surface area contributed by atoms with Crippen LogP contribution in [-0.4, -0.2) is 174 Å². The van der Waals surface area contributed by atoms with Crippen molar-refractivity contribution in [1.82, 2.24) is 41.7 Å². The summed E-state index contributed by atoms with van der Waals surface area (Å²) in [7, 11) is 0. The average molecular weight is 1190 g/mol. The van der Waals surface area contributed by atoms with E-state index in [9.17, 15) is 19.8 Å². The monoisotopic (exact) mass is 1190 g/mol. The van der Waals surface area contributed by atoms with Crippen molar-refractivity contribution in [2.45, 2.75) is 282 Å². The second-order valence-electron chi connectivity index (χ2n) is 24.3. The van der Waals surface area contributed by atoms with E-state index in [1.807, 2.05) is 0 Å². The fraction of sp³-hybridized carbons (Fsp3) is 0.912. The maximum Gasteiger partial charge on any atom is 0.237 e. The van der Waals surface area contributed by atoms with Gasteiger partial charge in [0.25, 0.3) is 0 Å². The fourth-order valence-corrected chi connectivity index (χ4v) is 10.8. The lowest BCUT2D eigenvalue weighted by Gasteiger charge is -2.28. The zero-order valence-corrected chi connectivity index (χ0v) is 55.1. The summed E-state index contributed by atoms with van der Waals surface area (Å²) in [5.41, 5.74) is 22.9. The van der Waals surface area contributed by atoms with Crippen molar-refractivity contribution in [3.8, 4) is 0 Å². The minimum atomic E-state index is -0.688. The quantitative estimate of drug-likeness (QED) is 0.0200. The molecule has 498 valence electrons. The summed E-state index contributed by atoms with van der Waals surface area (Å²) < 4.78 is 0. The van der Waals surface area contributed by atoms with E-state index in [4.69, 9.17) is 22.9 Å². The molecule has 0 aliphatic rings. The van der Waals surface area contributed by atoms with Crippen molar-refractivity contribution in [3.63, 3.8) is 0 Å². The summed E-state index contributed by atoms with van der Waals surface area (Å²) in [5.74, 6) is -0.143. The first-order valence-electron chi connectivity index (χ1n) is 35.6. The number of aliphatic hydroxyl groups excluding tert-OH is 2. The molecule has 0 saturated carbocycles. The van der Waals surface area contributed by atoms with Gasteiger partial charge in [-0.15, -0.1) is 0 Å². The predicted molar refractivity (Wildman–Crippen MR) is 362 cm³/mol. The Morgan fingerprint density at radius 3 is 0.964 bits per heavy atom.